The van der Waals surface area contributed by atoms with Gasteiger partial charge in [0.05, 0.1) is 5.69 Å². The fourth-order valence-corrected chi connectivity index (χ4v) is 1.72. The van der Waals surface area contributed by atoms with Crippen molar-refractivity contribution in [3.05, 3.63) is 36.0 Å². The van der Waals surface area contributed by atoms with E-state index in [2.05, 4.69) is 9.97 Å². The lowest BCUT2D eigenvalue weighted by molar-refractivity contribution is 0.454. The molecular formula is C10H7N3OS. The predicted octanol–water partition coefficient (Wildman–Crippen LogP) is 2.40. The van der Waals surface area contributed by atoms with Gasteiger partial charge in [0.25, 0.3) is 5.22 Å². The second-order valence-corrected chi connectivity index (χ2v) is 3.87. The van der Waals surface area contributed by atoms with Crippen LogP contribution in [-0.2, 0) is 0 Å². The summed E-state index contributed by atoms with van der Waals surface area (Å²) in [6.07, 6.45) is 3.22. The molecule has 4 nitrogen and oxygen atoms in total. The fourth-order valence-electron chi connectivity index (χ4n) is 0.987. The monoisotopic (exact) mass is 217 g/mol. The molecule has 2 heterocycles. The van der Waals surface area contributed by atoms with Gasteiger partial charge in [0.1, 0.15) is 18.0 Å². The third-order valence-corrected chi connectivity index (χ3v) is 2.49. The third-order valence-electron chi connectivity index (χ3n) is 1.65. The quantitative estimate of drug-likeness (QED) is 0.772. The van der Waals surface area contributed by atoms with Crippen molar-refractivity contribution in [2.24, 2.45) is 0 Å². The minimum Gasteiger partial charge on any atom is -0.439 e. The van der Waals surface area contributed by atoms with Crippen molar-refractivity contribution in [1.82, 2.24) is 9.97 Å². The van der Waals surface area contributed by atoms with Gasteiger partial charge in [0.15, 0.2) is 0 Å². The van der Waals surface area contributed by atoms with Gasteiger partial charge in [-0.2, -0.15) is 5.26 Å². The molecule has 0 bridgehead atoms. The Labute approximate surface area is 91.0 Å². The molecule has 0 aliphatic rings. The van der Waals surface area contributed by atoms with E-state index < -0.39 is 0 Å². The second-order valence-electron chi connectivity index (χ2n) is 2.85. The zero-order valence-electron chi connectivity index (χ0n) is 7.97. The molecule has 74 valence electrons. The van der Waals surface area contributed by atoms with E-state index in [0.29, 0.717) is 10.9 Å². The lowest BCUT2D eigenvalue weighted by Crippen LogP contribution is -1.81. The maximum absolute atomic E-state index is 8.57. The summed E-state index contributed by atoms with van der Waals surface area (Å²) >= 11 is 1.38. The molecule has 0 aromatic carbocycles. The third kappa shape index (κ3) is 2.36. The summed E-state index contributed by atoms with van der Waals surface area (Å²) < 4.78 is 5.18. The SMILES string of the molecule is Cc1coc(Sc2ccc(C#N)nc2)n1. The van der Waals surface area contributed by atoms with Crippen LogP contribution in [0, 0.1) is 18.3 Å². The number of hydrogen-bond donors (Lipinski definition) is 0. The van der Waals surface area contributed by atoms with Gasteiger partial charge >= 0.3 is 0 Å². The van der Waals surface area contributed by atoms with Crippen molar-refractivity contribution in [2.45, 2.75) is 17.0 Å². The molecule has 0 aliphatic carbocycles. The molecule has 0 atom stereocenters. The van der Waals surface area contributed by atoms with E-state index >= 15 is 0 Å². The molecular weight excluding hydrogens is 210 g/mol. The van der Waals surface area contributed by atoms with Gasteiger partial charge < -0.3 is 4.42 Å². The topological polar surface area (TPSA) is 62.7 Å². The van der Waals surface area contributed by atoms with E-state index in [1.54, 1.807) is 18.5 Å². The summed E-state index contributed by atoms with van der Waals surface area (Å²) in [6.45, 7) is 1.87. The largest absolute Gasteiger partial charge is 0.439 e. The van der Waals surface area contributed by atoms with Gasteiger partial charge in [0, 0.05) is 11.1 Å². The Hall–Kier alpha value is -1.80. The Morgan fingerprint density at radius 3 is 2.87 bits per heavy atom. The smallest absolute Gasteiger partial charge is 0.260 e. The van der Waals surface area contributed by atoms with Crippen LogP contribution in [0.1, 0.15) is 11.4 Å². The zero-order chi connectivity index (χ0) is 10.7. The number of pyridine rings is 1. The van der Waals surface area contributed by atoms with E-state index in [1.165, 1.54) is 11.8 Å². The van der Waals surface area contributed by atoms with Crippen LogP contribution in [-0.4, -0.2) is 9.97 Å². The van der Waals surface area contributed by atoms with Gasteiger partial charge in [-0.25, -0.2) is 9.97 Å². The van der Waals surface area contributed by atoms with Gasteiger partial charge in [-0.3, -0.25) is 0 Å². The number of hydrogen-bond acceptors (Lipinski definition) is 5. The van der Waals surface area contributed by atoms with Crippen LogP contribution in [0.4, 0.5) is 0 Å². The summed E-state index contributed by atoms with van der Waals surface area (Å²) in [6, 6.07) is 5.44. The van der Waals surface area contributed by atoms with Crippen molar-refractivity contribution in [1.29, 1.82) is 5.26 Å². The van der Waals surface area contributed by atoms with E-state index in [-0.39, 0.29) is 0 Å². The van der Waals surface area contributed by atoms with Gasteiger partial charge in [-0.1, -0.05) is 0 Å². The average molecular weight is 217 g/mol. The molecule has 0 aliphatic heterocycles. The number of aryl methyl sites for hydroxylation is 1. The molecule has 0 amide bonds. The molecule has 2 rings (SSSR count). The lowest BCUT2D eigenvalue weighted by atomic mass is 10.4. The standard InChI is InChI=1S/C10H7N3OS/c1-7-6-14-10(13-7)15-9-3-2-8(4-11)12-5-9/h2-3,5-6H,1H3. The van der Waals surface area contributed by atoms with Crippen LogP contribution in [0.5, 0.6) is 0 Å². The first-order valence-electron chi connectivity index (χ1n) is 4.24. The van der Waals surface area contributed by atoms with Crippen LogP contribution in [0.25, 0.3) is 0 Å². The van der Waals surface area contributed by atoms with Gasteiger partial charge in [-0.05, 0) is 30.8 Å². The van der Waals surface area contributed by atoms with Crippen LogP contribution < -0.4 is 0 Å². The Bertz CT molecular complexity index is 498. The average Bonchev–Trinajstić information content (AvgIpc) is 2.65. The molecule has 5 heteroatoms. The first-order valence-corrected chi connectivity index (χ1v) is 5.06. The highest BCUT2D eigenvalue weighted by atomic mass is 32.2. The molecule has 2 aromatic heterocycles. The Kier molecular flexibility index (Phi) is 2.70. The molecule has 0 N–H and O–H groups in total. The molecule has 0 saturated carbocycles. The summed E-state index contributed by atoms with van der Waals surface area (Å²) in [5.74, 6) is 0. The molecule has 15 heavy (non-hydrogen) atoms. The predicted molar refractivity (Wildman–Crippen MR) is 54.3 cm³/mol. The molecule has 0 spiro atoms. The van der Waals surface area contributed by atoms with Crippen molar-refractivity contribution < 1.29 is 4.42 Å². The maximum Gasteiger partial charge on any atom is 0.260 e. The summed E-state index contributed by atoms with van der Waals surface area (Å²) in [7, 11) is 0. The normalized spacial score (nSPS) is 9.87. The van der Waals surface area contributed by atoms with E-state index in [4.69, 9.17) is 9.68 Å². The van der Waals surface area contributed by atoms with E-state index in [9.17, 15) is 0 Å². The molecule has 2 aromatic rings. The Morgan fingerprint density at radius 2 is 2.33 bits per heavy atom. The molecule has 0 radical (unpaired) electrons. The summed E-state index contributed by atoms with van der Waals surface area (Å²) in [4.78, 5) is 9.00. The zero-order valence-corrected chi connectivity index (χ0v) is 8.78. The first-order chi connectivity index (χ1) is 7.28. The molecule has 0 fully saturated rings. The highest BCUT2D eigenvalue weighted by Gasteiger charge is 2.03. The Balaban J connectivity index is 2.15. The van der Waals surface area contributed by atoms with Crippen molar-refractivity contribution in [3.63, 3.8) is 0 Å². The first kappa shape index (κ1) is 9.74. The van der Waals surface area contributed by atoms with Crippen molar-refractivity contribution in [2.75, 3.05) is 0 Å². The number of rotatable bonds is 2. The van der Waals surface area contributed by atoms with E-state index in [1.807, 2.05) is 19.1 Å². The minimum absolute atomic E-state index is 0.405. The van der Waals surface area contributed by atoms with Crippen LogP contribution in [0.3, 0.4) is 0 Å². The number of aromatic nitrogens is 2. The number of nitrogens with zero attached hydrogens (tertiary/aromatic N) is 3. The van der Waals surface area contributed by atoms with E-state index in [0.717, 1.165) is 10.6 Å². The van der Waals surface area contributed by atoms with Gasteiger partial charge in [0.2, 0.25) is 0 Å². The summed E-state index contributed by atoms with van der Waals surface area (Å²) in [5.41, 5.74) is 1.25. The fraction of sp³-hybridized carbons (Fsp3) is 0.100. The van der Waals surface area contributed by atoms with Crippen molar-refractivity contribution in [3.8, 4) is 6.07 Å². The number of oxazole rings is 1. The number of nitriles is 1. The highest BCUT2D eigenvalue weighted by Crippen LogP contribution is 2.25. The van der Waals surface area contributed by atoms with Gasteiger partial charge in [-0.15, -0.1) is 0 Å². The van der Waals surface area contributed by atoms with Crippen molar-refractivity contribution >= 4 is 11.8 Å². The Morgan fingerprint density at radius 1 is 1.47 bits per heavy atom. The van der Waals surface area contributed by atoms with Crippen LogP contribution in [0.15, 0.2) is 39.1 Å². The highest BCUT2D eigenvalue weighted by molar-refractivity contribution is 7.99. The lowest BCUT2D eigenvalue weighted by Gasteiger charge is -1.95. The van der Waals surface area contributed by atoms with Crippen LogP contribution in [0.2, 0.25) is 0 Å². The second kappa shape index (κ2) is 4.15. The van der Waals surface area contributed by atoms with Crippen LogP contribution >= 0.6 is 11.8 Å². The molecule has 0 unspecified atom stereocenters. The summed E-state index contributed by atoms with van der Waals surface area (Å²) in [5, 5.41) is 9.15. The maximum atomic E-state index is 8.57. The minimum atomic E-state index is 0.405. The molecule has 0 saturated heterocycles.